The first-order valence-electron chi connectivity index (χ1n) is 11.1. The van der Waals surface area contributed by atoms with E-state index in [1.165, 1.54) is 6.20 Å². The van der Waals surface area contributed by atoms with Crippen molar-refractivity contribution in [2.75, 3.05) is 11.9 Å². The molecule has 0 saturated heterocycles. The first kappa shape index (κ1) is 23.1. The van der Waals surface area contributed by atoms with Crippen LogP contribution in [0.4, 0.5) is 10.1 Å². The summed E-state index contributed by atoms with van der Waals surface area (Å²) in [6.45, 7) is 16.4. The number of hydrogen-bond acceptors (Lipinski definition) is 6. The molecule has 8 heteroatoms. The summed E-state index contributed by atoms with van der Waals surface area (Å²) in [5, 5.41) is 14.3. The first-order valence-corrected chi connectivity index (χ1v) is 11.1. The summed E-state index contributed by atoms with van der Waals surface area (Å²) in [7, 11) is 0. The van der Waals surface area contributed by atoms with E-state index in [1.54, 1.807) is 10.6 Å². The summed E-state index contributed by atoms with van der Waals surface area (Å²) in [6.07, 6.45) is 5.26. The van der Waals surface area contributed by atoms with Crippen LogP contribution < -0.4 is 20.7 Å². The van der Waals surface area contributed by atoms with Crippen LogP contribution in [0.2, 0.25) is 0 Å². The number of allylic oxidation sites excluding steroid dienone is 1. The van der Waals surface area contributed by atoms with E-state index in [-0.39, 0.29) is 6.04 Å². The van der Waals surface area contributed by atoms with Gasteiger partial charge in [0, 0.05) is 23.8 Å². The highest BCUT2D eigenvalue weighted by molar-refractivity contribution is 5.69. The summed E-state index contributed by atoms with van der Waals surface area (Å²) in [5.74, 6) is 0.823. The molecule has 176 valence electrons. The van der Waals surface area contributed by atoms with Gasteiger partial charge in [-0.1, -0.05) is 31.4 Å². The van der Waals surface area contributed by atoms with Crippen molar-refractivity contribution in [3.8, 4) is 5.75 Å². The van der Waals surface area contributed by atoms with Crippen molar-refractivity contribution in [3.05, 3.63) is 90.6 Å². The highest BCUT2D eigenvalue weighted by Crippen LogP contribution is 2.31. The predicted molar refractivity (Wildman–Crippen MR) is 135 cm³/mol. The number of fused-ring (bicyclic) bond motifs is 2. The van der Waals surface area contributed by atoms with E-state index in [2.05, 4.69) is 45.8 Å². The number of halogens is 1. The fraction of sp³-hybridized carbons (Fsp3) is 0.231. The minimum atomic E-state index is -0.666. The van der Waals surface area contributed by atoms with Crippen LogP contribution in [0.1, 0.15) is 36.4 Å². The van der Waals surface area contributed by atoms with Crippen molar-refractivity contribution in [1.82, 2.24) is 25.2 Å². The van der Waals surface area contributed by atoms with Gasteiger partial charge < -0.3 is 20.7 Å². The van der Waals surface area contributed by atoms with Gasteiger partial charge in [0.1, 0.15) is 19.0 Å². The van der Waals surface area contributed by atoms with Crippen LogP contribution >= 0.6 is 0 Å². The molecule has 34 heavy (non-hydrogen) atoms. The molecule has 0 aliphatic carbocycles. The molecule has 1 aromatic carbocycles. The van der Waals surface area contributed by atoms with Gasteiger partial charge in [-0.15, -0.1) is 6.58 Å². The molecule has 0 bridgehead atoms. The lowest BCUT2D eigenvalue weighted by Gasteiger charge is -2.22. The quantitative estimate of drug-likeness (QED) is 0.398. The fourth-order valence-corrected chi connectivity index (χ4v) is 3.61. The average Bonchev–Trinajstić information content (AvgIpc) is 3.29. The van der Waals surface area contributed by atoms with E-state index in [9.17, 15) is 4.39 Å². The smallest absolute Gasteiger partial charge is 0.162 e. The van der Waals surface area contributed by atoms with Crippen LogP contribution in [0.25, 0.3) is 17.0 Å². The number of alkyl halides is 1. The third-order valence-corrected chi connectivity index (χ3v) is 5.64. The second-order valence-corrected chi connectivity index (χ2v) is 8.10. The molecule has 3 N–H and O–H groups in total. The second kappa shape index (κ2) is 9.82. The molecule has 0 radical (unpaired) electrons. The molecule has 4 rings (SSSR count). The Kier molecular flexibility index (Phi) is 6.67. The molecular weight excluding hydrogens is 431 g/mol. The van der Waals surface area contributed by atoms with Gasteiger partial charge >= 0.3 is 0 Å². The molecule has 1 atom stereocenters. The van der Waals surface area contributed by atoms with Gasteiger partial charge in [-0.25, -0.2) is 13.9 Å². The molecule has 1 aliphatic rings. The van der Waals surface area contributed by atoms with Crippen LogP contribution in [0.3, 0.4) is 0 Å². The van der Waals surface area contributed by atoms with E-state index in [1.807, 2.05) is 44.2 Å². The van der Waals surface area contributed by atoms with Crippen LogP contribution in [0.15, 0.2) is 68.0 Å². The highest BCUT2D eigenvalue weighted by atomic mass is 19.1. The summed E-state index contributed by atoms with van der Waals surface area (Å²) in [5.41, 5.74) is 6.33. The number of rotatable bonds is 9. The maximum Gasteiger partial charge on any atom is 0.162 e. The first-order chi connectivity index (χ1) is 16.4. The zero-order valence-electron chi connectivity index (χ0n) is 19.5. The summed E-state index contributed by atoms with van der Waals surface area (Å²) in [4.78, 5) is 4.62. The summed E-state index contributed by atoms with van der Waals surface area (Å²) in [6, 6.07) is 7.84. The lowest BCUT2D eigenvalue weighted by atomic mass is 10.1. The van der Waals surface area contributed by atoms with E-state index < -0.39 is 6.67 Å². The molecule has 3 heterocycles. The molecule has 1 aliphatic heterocycles. The molecule has 0 spiro atoms. The van der Waals surface area contributed by atoms with Crippen LogP contribution in [0.5, 0.6) is 5.75 Å². The maximum atomic E-state index is 13.6. The molecule has 0 fully saturated rings. The lowest BCUT2D eigenvalue weighted by Crippen LogP contribution is -2.23. The maximum absolute atomic E-state index is 13.6. The number of anilines is 1. The largest absolute Gasteiger partial charge is 0.485 e. The Bertz CT molecular complexity index is 1290. The average molecular weight is 461 g/mol. The molecule has 2 aromatic heterocycles. The third kappa shape index (κ3) is 4.66. The van der Waals surface area contributed by atoms with Crippen LogP contribution in [-0.4, -0.2) is 27.2 Å². The van der Waals surface area contributed by atoms with Gasteiger partial charge in [0.2, 0.25) is 0 Å². The molecular formula is C26H29FN6O. The number of benzene rings is 1. The molecule has 7 nitrogen and oxygen atoms in total. The minimum Gasteiger partial charge on any atom is -0.485 e. The molecule has 3 aromatic rings. The Balaban J connectivity index is 1.58. The summed E-state index contributed by atoms with van der Waals surface area (Å²) >= 11 is 0. The molecule has 0 saturated carbocycles. The van der Waals surface area contributed by atoms with Gasteiger partial charge in [-0.3, -0.25) is 0 Å². The van der Waals surface area contributed by atoms with Crippen molar-refractivity contribution in [1.29, 1.82) is 0 Å². The predicted octanol–water partition coefficient (Wildman–Crippen LogP) is 4.80. The lowest BCUT2D eigenvalue weighted by molar-refractivity contribution is 0.345. The van der Waals surface area contributed by atoms with Gasteiger partial charge in [-0.05, 0) is 37.6 Å². The Morgan fingerprint density at radius 2 is 2.15 bits per heavy atom. The number of ether oxygens (including phenoxy) is 1. The van der Waals surface area contributed by atoms with Crippen molar-refractivity contribution in [2.24, 2.45) is 0 Å². The van der Waals surface area contributed by atoms with Gasteiger partial charge in [-0.2, -0.15) is 5.10 Å². The highest BCUT2D eigenvalue weighted by Gasteiger charge is 2.17. The van der Waals surface area contributed by atoms with E-state index in [0.717, 1.165) is 22.7 Å². The van der Waals surface area contributed by atoms with Gasteiger partial charge in [0.15, 0.2) is 5.65 Å². The Morgan fingerprint density at radius 3 is 2.88 bits per heavy atom. The fourth-order valence-electron chi connectivity index (χ4n) is 3.61. The Morgan fingerprint density at radius 1 is 1.32 bits per heavy atom. The van der Waals surface area contributed by atoms with E-state index >= 15 is 0 Å². The van der Waals surface area contributed by atoms with Crippen molar-refractivity contribution in [3.63, 3.8) is 0 Å². The number of nitrogens with zero attached hydrogens (tertiary/aromatic N) is 3. The summed E-state index contributed by atoms with van der Waals surface area (Å²) < 4.78 is 20.9. The van der Waals surface area contributed by atoms with E-state index in [4.69, 9.17) is 4.74 Å². The zero-order chi connectivity index (χ0) is 24.2. The normalized spacial score (nSPS) is 14.6. The third-order valence-electron chi connectivity index (χ3n) is 5.64. The molecule has 1 unspecified atom stereocenters. The number of aromatic nitrogens is 3. The second-order valence-electron chi connectivity index (χ2n) is 8.10. The van der Waals surface area contributed by atoms with Gasteiger partial charge in [0.25, 0.3) is 0 Å². The minimum absolute atomic E-state index is 0.00127. The standard InChI is InChI=1S/C26H29FN6O/c1-6-16(3)30-18(5)24-11-22(32-26-20(12-27)14-29-33(24)26)17(4)28-13-19-8-9-25-23(10-19)31-21(7-2)15-34-25/h6-11,14,16,28,30-31H,1,4-5,12-13,15H2,2-3H3. The monoisotopic (exact) mass is 460 g/mol. The zero-order valence-corrected chi connectivity index (χ0v) is 19.5. The number of hydrogen-bond donors (Lipinski definition) is 3. The van der Waals surface area contributed by atoms with Crippen LogP contribution in [0, 0.1) is 0 Å². The Labute approximate surface area is 198 Å². The molecule has 0 amide bonds. The number of nitrogens with one attached hydrogen (secondary N) is 3. The van der Waals surface area contributed by atoms with Crippen molar-refractivity contribution < 1.29 is 9.13 Å². The van der Waals surface area contributed by atoms with Crippen molar-refractivity contribution >= 4 is 22.7 Å². The van der Waals surface area contributed by atoms with Crippen molar-refractivity contribution in [2.45, 2.75) is 33.1 Å². The van der Waals surface area contributed by atoms with E-state index in [0.29, 0.717) is 47.1 Å². The SMILES string of the molecule is C=CC(C)NC(=C)c1cc(C(=C)NCc2ccc3c(c2)NC(=CC)CO3)nc2c(CF)cnn12. The Hall–Kier alpha value is -4.07. The topological polar surface area (TPSA) is 75.5 Å². The van der Waals surface area contributed by atoms with Crippen LogP contribution in [-0.2, 0) is 13.2 Å². The van der Waals surface area contributed by atoms with Gasteiger partial charge in [0.05, 0.1) is 34.7 Å².